The van der Waals surface area contributed by atoms with E-state index in [4.69, 9.17) is 0 Å². The van der Waals surface area contributed by atoms with E-state index in [1.165, 1.54) is 44.9 Å². The molecule has 1 aliphatic rings. The van der Waals surface area contributed by atoms with Crippen molar-refractivity contribution in [1.82, 2.24) is 0 Å². The van der Waals surface area contributed by atoms with Crippen LogP contribution in [0.2, 0.25) is 0 Å². The molecule has 20 heavy (non-hydrogen) atoms. The van der Waals surface area contributed by atoms with Crippen LogP contribution in [0, 0.1) is 11.3 Å². The molecule has 0 unspecified atom stereocenters. The summed E-state index contributed by atoms with van der Waals surface area (Å²) in [7, 11) is 0. The molecule has 0 saturated heterocycles. The zero-order valence-corrected chi connectivity index (χ0v) is 13.6. The highest BCUT2D eigenvalue weighted by Gasteiger charge is 2.29. The molecule has 0 aromatic carbocycles. The third-order valence-electron chi connectivity index (χ3n) is 3.93. The van der Waals surface area contributed by atoms with Crippen LogP contribution in [0.15, 0.2) is 10.2 Å². The third-order valence-corrected chi connectivity index (χ3v) is 3.93. The summed E-state index contributed by atoms with van der Waals surface area (Å²) in [6.45, 7) is 6.12. The van der Waals surface area contributed by atoms with E-state index in [2.05, 4.69) is 16.3 Å². The van der Waals surface area contributed by atoms with E-state index in [9.17, 15) is 5.26 Å². The van der Waals surface area contributed by atoms with Crippen molar-refractivity contribution in [3.63, 3.8) is 0 Å². The van der Waals surface area contributed by atoms with Crippen LogP contribution in [0.3, 0.4) is 0 Å². The smallest absolute Gasteiger partial charge is 0.167 e. The summed E-state index contributed by atoms with van der Waals surface area (Å²) in [4.78, 5) is 0. The maximum Gasteiger partial charge on any atom is 0.167 e. The van der Waals surface area contributed by atoms with Crippen molar-refractivity contribution in [2.24, 2.45) is 10.2 Å². The summed E-state index contributed by atoms with van der Waals surface area (Å²) < 4.78 is 0. The van der Waals surface area contributed by atoms with Gasteiger partial charge in [-0.05, 0) is 46.5 Å². The van der Waals surface area contributed by atoms with Crippen molar-refractivity contribution in [3.8, 4) is 6.07 Å². The highest BCUT2D eigenvalue weighted by atomic mass is 15.2. The summed E-state index contributed by atoms with van der Waals surface area (Å²) in [6, 6.07) is 2.48. The van der Waals surface area contributed by atoms with Crippen molar-refractivity contribution in [2.75, 3.05) is 0 Å². The second-order valence-electron chi connectivity index (χ2n) is 7.20. The minimum Gasteiger partial charge on any atom is -0.196 e. The van der Waals surface area contributed by atoms with Gasteiger partial charge in [0.05, 0.1) is 11.6 Å². The molecule has 0 atom stereocenters. The quantitative estimate of drug-likeness (QED) is 0.558. The SMILES string of the molecule is CC(C)(C)N=NC1(C#N)CCCCCCCCCCC1. The first kappa shape index (κ1) is 17.1. The Hall–Kier alpha value is -0.910. The summed E-state index contributed by atoms with van der Waals surface area (Å²) in [5.41, 5.74) is -0.750. The van der Waals surface area contributed by atoms with Crippen molar-refractivity contribution in [1.29, 1.82) is 5.26 Å². The predicted molar refractivity (Wildman–Crippen MR) is 83.7 cm³/mol. The van der Waals surface area contributed by atoms with Gasteiger partial charge in [0.2, 0.25) is 0 Å². The Morgan fingerprint density at radius 3 is 1.55 bits per heavy atom. The number of hydrogen-bond donors (Lipinski definition) is 0. The summed E-state index contributed by atoms with van der Waals surface area (Å²) in [5, 5.41) is 18.5. The van der Waals surface area contributed by atoms with Gasteiger partial charge in [0, 0.05) is 0 Å². The average molecular weight is 277 g/mol. The Balaban J connectivity index is 2.70. The van der Waals surface area contributed by atoms with Crippen LogP contribution in [0.4, 0.5) is 0 Å². The summed E-state index contributed by atoms with van der Waals surface area (Å²) >= 11 is 0. The van der Waals surface area contributed by atoms with Crippen molar-refractivity contribution in [2.45, 2.75) is 102 Å². The molecule has 0 aliphatic heterocycles. The molecule has 0 heterocycles. The van der Waals surface area contributed by atoms with Crippen molar-refractivity contribution in [3.05, 3.63) is 0 Å². The molecule has 1 saturated carbocycles. The molecule has 0 N–H and O–H groups in total. The van der Waals surface area contributed by atoms with E-state index < -0.39 is 5.54 Å². The lowest BCUT2D eigenvalue weighted by atomic mass is 9.87. The molecule has 1 fully saturated rings. The van der Waals surface area contributed by atoms with Crippen LogP contribution in [0.25, 0.3) is 0 Å². The normalized spacial score (nSPS) is 22.7. The van der Waals surface area contributed by atoms with E-state index in [-0.39, 0.29) is 5.54 Å². The minimum atomic E-state index is -0.563. The zero-order chi connectivity index (χ0) is 14.9. The van der Waals surface area contributed by atoms with Crippen LogP contribution in [0.1, 0.15) is 91.4 Å². The van der Waals surface area contributed by atoms with E-state index >= 15 is 0 Å². The molecule has 114 valence electrons. The maximum atomic E-state index is 9.64. The second-order valence-corrected chi connectivity index (χ2v) is 7.20. The first-order valence-electron chi connectivity index (χ1n) is 8.33. The Morgan fingerprint density at radius 2 is 1.20 bits per heavy atom. The monoisotopic (exact) mass is 277 g/mol. The molecule has 0 bridgehead atoms. The zero-order valence-electron chi connectivity index (χ0n) is 13.6. The van der Waals surface area contributed by atoms with E-state index in [1.54, 1.807) is 0 Å². The summed E-state index contributed by atoms with van der Waals surface area (Å²) in [6.07, 6.45) is 13.1. The average Bonchev–Trinajstić information content (AvgIpc) is 2.38. The first-order chi connectivity index (χ1) is 9.47. The molecular formula is C17H31N3. The molecule has 3 nitrogen and oxygen atoms in total. The number of rotatable bonds is 1. The van der Waals surface area contributed by atoms with Crippen LogP contribution in [-0.4, -0.2) is 11.1 Å². The fourth-order valence-electron chi connectivity index (χ4n) is 2.68. The highest BCUT2D eigenvalue weighted by Crippen LogP contribution is 2.29. The third kappa shape index (κ3) is 7.03. The maximum absolute atomic E-state index is 9.64. The molecule has 1 rings (SSSR count). The largest absolute Gasteiger partial charge is 0.196 e. The lowest BCUT2D eigenvalue weighted by Gasteiger charge is -2.23. The lowest BCUT2D eigenvalue weighted by molar-refractivity contribution is 0.372. The Kier molecular flexibility index (Phi) is 7.19. The van der Waals surface area contributed by atoms with E-state index in [0.717, 1.165) is 25.7 Å². The summed E-state index contributed by atoms with van der Waals surface area (Å²) in [5.74, 6) is 0. The van der Waals surface area contributed by atoms with Gasteiger partial charge in [-0.15, -0.1) is 0 Å². The van der Waals surface area contributed by atoms with Gasteiger partial charge in [-0.3, -0.25) is 0 Å². The number of azo groups is 1. The van der Waals surface area contributed by atoms with Gasteiger partial charge in [0.15, 0.2) is 5.54 Å². The Bertz CT molecular complexity index is 321. The second kappa shape index (κ2) is 8.39. The van der Waals surface area contributed by atoms with Gasteiger partial charge >= 0.3 is 0 Å². The highest BCUT2D eigenvalue weighted by molar-refractivity contribution is 5.06. The van der Waals surface area contributed by atoms with Crippen LogP contribution >= 0.6 is 0 Å². The molecule has 0 aromatic rings. The molecule has 3 heteroatoms. The molecule has 0 spiro atoms. The molecule has 0 aromatic heterocycles. The topological polar surface area (TPSA) is 48.5 Å². The predicted octanol–water partition coefficient (Wildman–Crippen LogP) is 5.80. The molecule has 1 aliphatic carbocycles. The standard InChI is InChI=1S/C17H31N3/c1-16(2,3)19-20-17(15-18)13-11-9-7-5-4-6-8-10-12-14-17/h4-14H2,1-3H3. The number of nitrogens with zero attached hydrogens (tertiary/aromatic N) is 3. The first-order valence-corrected chi connectivity index (χ1v) is 8.33. The van der Waals surface area contributed by atoms with Gasteiger partial charge in [0.1, 0.15) is 0 Å². The van der Waals surface area contributed by atoms with Gasteiger partial charge in [0.25, 0.3) is 0 Å². The molecule has 0 amide bonds. The van der Waals surface area contributed by atoms with Crippen LogP contribution in [-0.2, 0) is 0 Å². The van der Waals surface area contributed by atoms with Gasteiger partial charge in [-0.25, -0.2) is 0 Å². The fraction of sp³-hybridized carbons (Fsp3) is 0.941. The van der Waals surface area contributed by atoms with Crippen molar-refractivity contribution < 1.29 is 0 Å². The van der Waals surface area contributed by atoms with Crippen molar-refractivity contribution >= 4 is 0 Å². The van der Waals surface area contributed by atoms with Gasteiger partial charge < -0.3 is 0 Å². The molecular weight excluding hydrogens is 246 g/mol. The van der Waals surface area contributed by atoms with E-state index in [0.29, 0.717) is 0 Å². The van der Waals surface area contributed by atoms with Gasteiger partial charge in [-0.1, -0.05) is 44.9 Å². The van der Waals surface area contributed by atoms with Crippen LogP contribution < -0.4 is 0 Å². The Labute approximate surface area is 124 Å². The number of hydrogen-bond acceptors (Lipinski definition) is 3. The number of nitriles is 1. The minimum absolute atomic E-state index is 0.187. The molecule has 0 radical (unpaired) electrons. The van der Waals surface area contributed by atoms with Gasteiger partial charge in [-0.2, -0.15) is 15.5 Å². The Morgan fingerprint density at radius 1 is 0.800 bits per heavy atom. The lowest BCUT2D eigenvalue weighted by Crippen LogP contribution is -2.25. The fourth-order valence-corrected chi connectivity index (χ4v) is 2.68. The van der Waals surface area contributed by atoms with Crippen LogP contribution in [0.5, 0.6) is 0 Å². The van der Waals surface area contributed by atoms with E-state index in [1.807, 2.05) is 20.8 Å².